The maximum Gasteiger partial charge on any atom is 0.123 e. The molecular formula is C17H19ClFN. The predicted molar refractivity (Wildman–Crippen MR) is 82.7 cm³/mol. The quantitative estimate of drug-likeness (QED) is 0.828. The van der Waals surface area contributed by atoms with E-state index in [1.807, 2.05) is 37.3 Å². The summed E-state index contributed by atoms with van der Waals surface area (Å²) in [5, 5.41) is 4.22. The van der Waals surface area contributed by atoms with Crippen molar-refractivity contribution >= 4 is 11.6 Å². The molecule has 0 radical (unpaired) electrons. The van der Waals surface area contributed by atoms with E-state index in [1.54, 1.807) is 6.07 Å². The first-order valence-corrected chi connectivity index (χ1v) is 7.24. The maximum atomic E-state index is 13.3. The van der Waals surface area contributed by atoms with Crippen LogP contribution in [0.5, 0.6) is 0 Å². The Bertz CT molecular complexity index is 583. The second-order valence-electron chi connectivity index (χ2n) is 4.94. The van der Waals surface area contributed by atoms with Crippen molar-refractivity contribution in [1.82, 2.24) is 5.32 Å². The van der Waals surface area contributed by atoms with E-state index in [2.05, 4.69) is 12.2 Å². The van der Waals surface area contributed by atoms with Gasteiger partial charge < -0.3 is 5.32 Å². The van der Waals surface area contributed by atoms with E-state index in [-0.39, 0.29) is 11.9 Å². The van der Waals surface area contributed by atoms with E-state index in [1.165, 1.54) is 6.07 Å². The third-order valence-corrected chi connectivity index (χ3v) is 3.56. The van der Waals surface area contributed by atoms with Crippen LogP contribution in [0.15, 0.2) is 42.5 Å². The van der Waals surface area contributed by atoms with Crippen molar-refractivity contribution in [3.05, 3.63) is 70.0 Å². The Morgan fingerprint density at radius 1 is 1.20 bits per heavy atom. The molecule has 2 aromatic rings. The van der Waals surface area contributed by atoms with E-state index < -0.39 is 0 Å². The van der Waals surface area contributed by atoms with Crippen molar-refractivity contribution in [2.24, 2.45) is 0 Å². The molecule has 0 fully saturated rings. The highest BCUT2D eigenvalue weighted by Gasteiger charge is 2.16. The van der Waals surface area contributed by atoms with Crippen molar-refractivity contribution in [1.29, 1.82) is 0 Å². The van der Waals surface area contributed by atoms with Crippen molar-refractivity contribution < 1.29 is 4.39 Å². The number of nitrogens with one attached hydrogen (secondary N) is 1. The molecule has 2 rings (SSSR count). The minimum atomic E-state index is -0.202. The molecule has 1 atom stereocenters. The Hall–Kier alpha value is -1.38. The van der Waals surface area contributed by atoms with E-state index in [0.717, 1.165) is 29.7 Å². The lowest BCUT2D eigenvalue weighted by molar-refractivity contribution is 0.590. The van der Waals surface area contributed by atoms with Crippen LogP contribution in [0, 0.1) is 12.7 Å². The number of hydrogen-bond donors (Lipinski definition) is 1. The molecule has 0 saturated heterocycles. The minimum Gasteiger partial charge on any atom is -0.306 e. The van der Waals surface area contributed by atoms with E-state index in [4.69, 9.17) is 11.6 Å². The lowest BCUT2D eigenvalue weighted by atomic mass is 9.95. The number of aryl methyl sites for hydroxylation is 1. The van der Waals surface area contributed by atoms with Crippen molar-refractivity contribution in [3.8, 4) is 0 Å². The molecule has 20 heavy (non-hydrogen) atoms. The zero-order chi connectivity index (χ0) is 14.5. The van der Waals surface area contributed by atoms with Crippen molar-refractivity contribution in [2.45, 2.75) is 26.3 Å². The molecule has 0 bridgehead atoms. The average Bonchev–Trinajstić information content (AvgIpc) is 2.41. The van der Waals surface area contributed by atoms with Crippen LogP contribution in [-0.2, 0) is 0 Å². The summed E-state index contributed by atoms with van der Waals surface area (Å²) in [5.74, 6) is -0.202. The van der Waals surface area contributed by atoms with E-state index >= 15 is 0 Å². The van der Waals surface area contributed by atoms with Crippen LogP contribution in [0.3, 0.4) is 0 Å². The Labute approximate surface area is 124 Å². The van der Waals surface area contributed by atoms with Crippen LogP contribution in [0.4, 0.5) is 4.39 Å². The number of benzene rings is 2. The summed E-state index contributed by atoms with van der Waals surface area (Å²) < 4.78 is 13.3. The lowest BCUT2D eigenvalue weighted by Crippen LogP contribution is -2.24. The highest BCUT2D eigenvalue weighted by atomic mass is 35.5. The van der Waals surface area contributed by atoms with Crippen LogP contribution >= 0.6 is 11.6 Å². The number of hydrogen-bond acceptors (Lipinski definition) is 1. The van der Waals surface area contributed by atoms with Gasteiger partial charge in [0.15, 0.2) is 0 Å². The highest BCUT2D eigenvalue weighted by molar-refractivity contribution is 6.30. The standard InChI is InChI=1S/C17H19ClFN/c1-3-9-20-17(13-5-4-6-14(18)11-13)16-8-7-15(19)10-12(16)2/h4-8,10-11,17,20H,3,9H2,1-2H3. The largest absolute Gasteiger partial charge is 0.306 e. The van der Waals surface area contributed by atoms with Gasteiger partial charge in [-0.1, -0.05) is 36.7 Å². The molecule has 2 aromatic carbocycles. The maximum absolute atomic E-state index is 13.3. The topological polar surface area (TPSA) is 12.0 Å². The van der Waals surface area contributed by atoms with Gasteiger partial charge in [-0.05, 0) is 60.8 Å². The molecule has 1 N–H and O–H groups in total. The summed E-state index contributed by atoms with van der Waals surface area (Å²) in [6.45, 7) is 4.96. The monoisotopic (exact) mass is 291 g/mol. The molecular weight excluding hydrogens is 273 g/mol. The summed E-state index contributed by atoms with van der Waals surface area (Å²) in [6.07, 6.45) is 1.04. The van der Waals surface area contributed by atoms with E-state index in [0.29, 0.717) is 5.02 Å². The molecule has 0 spiro atoms. The zero-order valence-corrected chi connectivity index (χ0v) is 12.5. The second kappa shape index (κ2) is 6.87. The van der Waals surface area contributed by atoms with Crippen LogP contribution in [-0.4, -0.2) is 6.54 Å². The molecule has 1 nitrogen and oxygen atoms in total. The molecule has 0 aromatic heterocycles. The van der Waals surface area contributed by atoms with Crippen LogP contribution in [0.1, 0.15) is 36.1 Å². The first kappa shape index (κ1) is 15.0. The zero-order valence-electron chi connectivity index (χ0n) is 11.8. The fourth-order valence-corrected chi connectivity index (χ4v) is 2.54. The Morgan fingerprint density at radius 3 is 2.65 bits per heavy atom. The van der Waals surface area contributed by atoms with Gasteiger partial charge in [0.05, 0.1) is 6.04 Å². The van der Waals surface area contributed by atoms with Gasteiger partial charge in [-0.3, -0.25) is 0 Å². The normalized spacial score (nSPS) is 12.4. The molecule has 106 valence electrons. The summed E-state index contributed by atoms with van der Waals surface area (Å²) in [4.78, 5) is 0. The van der Waals surface area contributed by atoms with Crippen LogP contribution in [0.2, 0.25) is 5.02 Å². The van der Waals surface area contributed by atoms with Crippen LogP contribution < -0.4 is 5.32 Å². The van der Waals surface area contributed by atoms with Gasteiger partial charge in [-0.25, -0.2) is 4.39 Å². The molecule has 0 heterocycles. The van der Waals surface area contributed by atoms with Gasteiger partial charge in [-0.15, -0.1) is 0 Å². The summed E-state index contributed by atoms with van der Waals surface area (Å²) in [6, 6.07) is 12.8. The molecule has 3 heteroatoms. The van der Waals surface area contributed by atoms with Crippen molar-refractivity contribution in [2.75, 3.05) is 6.54 Å². The fourth-order valence-electron chi connectivity index (χ4n) is 2.35. The third-order valence-electron chi connectivity index (χ3n) is 3.32. The highest BCUT2D eigenvalue weighted by Crippen LogP contribution is 2.27. The molecule has 0 amide bonds. The molecule has 0 aliphatic rings. The molecule has 1 unspecified atom stereocenters. The minimum absolute atomic E-state index is 0.0363. The number of rotatable bonds is 5. The summed E-state index contributed by atoms with van der Waals surface area (Å²) in [5.41, 5.74) is 3.13. The molecule has 0 saturated carbocycles. The smallest absolute Gasteiger partial charge is 0.123 e. The summed E-state index contributed by atoms with van der Waals surface area (Å²) in [7, 11) is 0. The van der Waals surface area contributed by atoms with E-state index in [9.17, 15) is 4.39 Å². The van der Waals surface area contributed by atoms with Gasteiger partial charge in [0.2, 0.25) is 0 Å². The van der Waals surface area contributed by atoms with Gasteiger partial charge in [-0.2, -0.15) is 0 Å². The third kappa shape index (κ3) is 3.59. The van der Waals surface area contributed by atoms with Gasteiger partial charge >= 0.3 is 0 Å². The predicted octanol–water partition coefficient (Wildman–Crippen LogP) is 4.88. The molecule has 0 aliphatic carbocycles. The Morgan fingerprint density at radius 2 is 2.00 bits per heavy atom. The fraction of sp³-hybridized carbons (Fsp3) is 0.294. The van der Waals surface area contributed by atoms with Crippen LogP contribution in [0.25, 0.3) is 0 Å². The first-order valence-electron chi connectivity index (χ1n) is 6.86. The molecule has 0 aliphatic heterocycles. The van der Waals surface area contributed by atoms with Gasteiger partial charge in [0.25, 0.3) is 0 Å². The first-order chi connectivity index (χ1) is 9.61. The van der Waals surface area contributed by atoms with Gasteiger partial charge in [0, 0.05) is 5.02 Å². The van der Waals surface area contributed by atoms with Gasteiger partial charge in [0.1, 0.15) is 5.82 Å². The SMILES string of the molecule is CCCNC(c1cccc(Cl)c1)c1ccc(F)cc1C. The lowest BCUT2D eigenvalue weighted by Gasteiger charge is -2.21. The number of halogens is 2. The van der Waals surface area contributed by atoms with Crippen molar-refractivity contribution in [3.63, 3.8) is 0 Å². The Balaban J connectivity index is 2.41. The Kier molecular flexibility index (Phi) is 5.16. The summed E-state index contributed by atoms with van der Waals surface area (Å²) >= 11 is 6.09. The average molecular weight is 292 g/mol. The second-order valence-corrected chi connectivity index (χ2v) is 5.38.